The van der Waals surface area contributed by atoms with E-state index in [1.165, 1.54) is 0 Å². The zero-order valence-corrected chi connectivity index (χ0v) is 11.7. The summed E-state index contributed by atoms with van der Waals surface area (Å²) in [6.07, 6.45) is -0.0370. The second-order valence-corrected chi connectivity index (χ2v) is 3.33. The molecule has 0 amide bonds. The van der Waals surface area contributed by atoms with Gasteiger partial charge in [0.05, 0.1) is 6.54 Å². The molecule has 104 valence electrons. The summed E-state index contributed by atoms with van der Waals surface area (Å²) in [5.41, 5.74) is 0. The average molecular weight is 249 g/mol. The summed E-state index contributed by atoms with van der Waals surface area (Å²) in [5.74, 6) is -0.751. The Labute approximate surface area is 105 Å². The summed E-state index contributed by atoms with van der Waals surface area (Å²) in [5, 5.41) is 8.30. The largest absolute Gasteiger partial charge is 0.480 e. The van der Waals surface area contributed by atoms with Crippen molar-refractivity contribution in [2.75, 3.05) is 32.8 Å². The third kappa shape index (κ3) is 15.4. The van der Waals surface area contributed by atoms with Crippen molar-refractivity contribution in [3.05, 3.63) is 0 Å². The lowest BCUT2D eigenvalue weighted by molar-refractivity contribution is -0.138. The Balaban J connectivity index is 0. The molecule has 0 rings (SSSR count). The van der Waals surface area contributed by atoms with Crippen molar-refractivity contribution in [1.29, 1.82) is 0 Å². The van der Waals surface area contributed by atoms with E-state index in [-0.39, 0.29) is 12.8 Å². The number of likely N-dealkylation sites (N-methyl/N-ethyl adjacent to an activating group) is 1. The van der Waals surface area contributed by atoms with Crippen LogP contribution in [0.15, 0.2) is 0 Å². The molecule has 0 aromatic heterocycles. The lowest BCUT2D eigenvalue weighted by Gasteiger charge is -2.13. The molecule has 0 fully saturated rings. The second-order valence-electron chi connectivity index (χ2n) is 3.33. The molecule has 0 atom stereocenters. The van der Waals surface area contributed by atoms with Gasteiger partial charge in [-0.1, -0.05) is 13.8 Å². The van der Waals surface area contributed by atoms with E-state index in [4.69, 9.17) is 14.6 Å². The molecule has 0 aromatic rings. The van der Waals surface area contributed by atoms with Gasteiger partial charge in [-0.15, -0.1) is 0 Å². The summed E-state index contributed by atoms with van der Waals surface area (Å²) in [6, 6.07) is 0. The highest BCUT2D eigenvalue weighted by Gasteiger charge is 2.02. The van der Waals surface area contributed by atoms with Crippen LogP contribution >= 0.6 is 0 Å². The van der Waals surface area contributed by atoms with Gasteiger partial charge >= 0.3 is 5.97 Å². The van der Waals surface area contributed by atoms with E-state index in [9.17, 15) is 4.79 Å². The van der Waals surface area contributed by atoms with Crippen LogP contribution in [0, 0.1) is 0 Å². The van der Waals surface area contributed by atoms with Crippen LogP contribution in [-0.4, -0.2) is 55.1 Å². The Bertz CT molecular complexity index is 166. The molecule has 5 nitrogen and oxygen atoms in total. The maximum Gasteiger partial charge on any atom is 0.317 e. The van der Waals surface area contributed by atoms with Gasteiger partial charge in [0.15, 0.2) is 6.29 Å². The molecule has 0 aromatic carbocycles. The highest BCUT2D eigenvalue weighted by Crippen LogP contribution is 1.90. The van der Waals surface area contributed by atoms with E-state index >= 15 is 0 Å². The molecule has 0 radical (unpaired) electrons. The minimum Gasteiger partial charge on any atom is -0.480 e. The molecule has 0 bridgehead atoms. The monoisotopic (exact) mass is 249 g/mol. The van der Waals surface area contributed by atoms with Gasteiger partial charge in [-0.05, 0) is 33.9 Å². The summed E-state index contributed by atoms with van der Waals surface area (Å²) >= 11 is 0. The van der Waals surface area contributed by atoms with Crippen LogP contribution in [0.1, 0.15) is 34.6 Å². The molecular formula is C12H27NO4. The van der Waals surface area contributed by atoms with Crippen molar-refractivity contribution in [2.24, 2.45) is 0 Å². The van der Waals surface area contributed by atoms with Crippen LogP contribution in [0.4, 0.5) is 0 Å². The fourth-order valence-electron chi connectivity index (χ4n) is 1.16. The summed E-state index contributed by atoms with van der Waals surface area (Å²) in [7, 11) is 0. The molecular weight excluding hydrogens is 222 g/mol. The topological polar surface area (TPSA) is 59.0 Å². The molecule has 0 saturated carbocycles. The number of carboxylic acid groups (broad SMARTS) is 1. The number of ether oxygens (including phenoxy) is 2. The molecule has 0 unspecified atom stereocenters. The van der Waals surface area contributed by atoms with E-state index in [1.807, 2.05) is 39.5 Å². The summed E-state index contributed by atoms with van der Waals surface area (Å²) < 4.78 is 10.1. The van der Waals surface area contributed by atoms with Crippen molar-refractivity contribution in [3.63, 3.8) is 0 Å². The number of nitrogens with zero attached hydrogens (tertiary/aromatic N) is 1. The lowest BCUT2D eigenvalue weighted by Crippen LogP contribution is -2.29. The minimum absolute atomic E-state index is 0.0370. The molecule has 17 heavy (non-hydrogen) atoms. The van der Waals surface area contributed by atoms with E-state index in [2.05, 4.69) is 0 Å². The zero-order chi connectivity index (χ0) is 13.7. The van der Waals surface area contributed by atoms with E-state index in [0.29, 0.717) is 0 Å². The van der Waals surface area contributed by atoms with E-state index in [1.54, 1.807) is 0 Å². The predicted molar refractivity (Wildman–Crippen MR) is 68.1 cm³/mol. The second kappa shape index (κ2) is 13.4. The quantitative estimate of drug-likeness (QED) is 0.665. The van der Waals surface area contributed by atoms with Crippen LogP contribution in [0.2, 0.25) is 0 Å². The number of carbonyl (C=O) groups is 1. The number of aliphatic carboxylic acids is 1. The Morgan fingerprint density at radius 3 is 1.71 bits per heavy atom. The smallest absolute Gasteiger partial charge is 0.317 e. The minimum atomic E-state index is -0.751. The molecule has 0 aliphatic rings. The Hall–Kier alpha value is -0.650. The van der Waals surface area contributed by atoms with Crippen molar-refractivity contribution in [1.82, 2.24) is 4.90 Å². The van der Waals surface area contributed by atoms with Crippen molar-refractivity contribution < 1.29 is 19.4 Å². The Morgan fingerprint density at radius 2 is 1.53 bits per heavy atom. The Morgan fingerprint density at radius 1 is 1.12 bits per heavy atom. The van der Waals surface area contributed by atoms with E-state index in [0.717, 1.165) is 26.3 Å². The first kappa shape index (κ1) is 18.7. The lowest BCUT2D eigenvalue weighted by atomic mass is 10.5. The van der Waals surface area contributed by atoms with Gasteiger partial charge in [-0.25, -0.2) is 0 Å². The van der Waals surface area contributed by atoms with Crippen LogP contribution in [0.25, 0.3) is 0 Å². The van der Waals surface area contributed by atoms with Crippen LogP contribution in [0.5, 0.6) is 0 Å². The van der Waals surface area contributed by atoms with Gasteiger partial charge in [0.2, 0.25) is 0 Å². The standard InChI is InChI=1S/C6H13NO2.C6H14O2/c1-3-7(4-2)5-6(8)9;1-4-7-6(3)8-5-2/h3-5H2,1-2H3,(H,8,9);6H,4-5H2,1-3H3. The number of hydrogen-bond acceptors (Lipinski definition) is 4. The summed E-state index contributed by atoms with van der Waals surface area (Å²) in [4.78, 5) is 11.9. The third-order valence-electron chi connectivity index (χ3n) is 2.06. The first-order valence-electron chi connectivity index (χ1n) is 6.18. The fraction of sp³-hybridized carbons (Fsp3) is 0.917. The molecule has 0 aliphatic heterocycles. The maximum atomic E-state index is 10.1. The number of rotatable bonds is 8. The molecule has 1 N–H and O–H groups in total. The van der Waals surface area contributed by atoms with Crippen molar-refractivity contribution in [2.45, 2.75) is 40.9 Å². The van der Waals surface area contributed by atoms with Gasteiger partial charge in [-0.2, -0.15) is 0 Å². The van der Waals surface area contributed by atoms with Crippen molar-refractivity contribution in [3.8, 4) is 0 Å². The molecule has 0 aliphatic carbocycles. The summed E-state index contributed by atoms with van der Waals surface area (Å²) in [6.45, 7) is 12.9. The maximum absolute atomic E-state index is 10.1. The van der Waals surface area contributed by atoms with Gasteiger partial charge in [0, 0.05) is 13.2 Å². The van der Waals surface area contributed by atoms with E-state index < -0.39 is 5.97 Å². The first-order chi connectivity index (χ1) is 8.01. The average Bonchev–Trinajstić information content (AvgIpc) is 2.27. The van der Waals surface area contributed by atoms with Crippen LogP contribution in [0.3, 0.4) is 0 Å². The molecule has 5 heteroatoms. The third-order valence-corrected chi connectivity index (χ3v) is 2.06. The highest BCUT2D eigenvalue weighted by atomic mass is 16.7. The first-order valence-corrected chi connectivity index (χ1v) is 6.18. The van der Waals surface area contributed by atoms with Crippen molar-refractivity contribution >= 4 is 5.97 Å². The SMILES string of the molecule is CCN(CC)CC(=O)O.CCOC(C)OCC. The number of carboxylic acids is 1. The predicted octanol–water partition coefficient (Wildman–Crippen LogP) is 1.82. The highest BCUT2D eigenvalue weighted by molar-refractivity contribution is 5.69. The Kier molecular flexibility index (Phi) is 14.8. The molecule has 0 spiro atoms. The number of hydrogen-bond donors (Lipinski definition) is 1. The van der Waals surface area contributed by atoms with Gasteiger partial charge < -0.3 is 14.6 Å². The van der Waals surface area contributed by atoms with Crippen LogP contribution in [-0.2, 0) is 14.3 Å². The zero-order valence-electron chi connectivity index (χ0n) is 11.7. The van der Waals surface area contributed by atoms with Gasteiger partial charge in [0.25, 0.3) is 0 Å². The molecule has 0 saturated heterocycles. The molecule has 0 heterocycles. The van der Waals surface area contributed by atoms with Crippen LogP contribution < -0.4 is 0 Å². The fourth-order valence-corrected chi connectivity index (χ4v) is 1.16. The van der Waals surface area contributed by atoms with Gasteiger partial charge in [0.1, 0.15) is 0 Å². The van der Waals surface area contributed by atoms with Gasteiger partial charge in [-0.3, -0.25) is 9.69 Å². The normalized spacial score (nSPS) is 10.3.